The summed E-state index contributed by atoms with van der Waals surface area (Å²) in [7, 11) is 0. The highest BCUT2D eigenvalue weighted by molar-refractivity contribution is 9.10. The van der Waals surface area contributed by atoms with E-state index in [9.17, 15) is 14.4 Å². The highest BCUT2D eigenvalue weighted by Crippen LogP contribution is 2.17. The maximum Gasteiger partial charge on any atom is 0.408 e. The van der Waals surface area contributed by atoms with Gasteiger partial charge < -0.3 is 14.8 Å². The van der Waals surface area contributed by atoms with Gasteiger partial charge in [0, 0.05) is 22.0 Å². The number of rotatable bonds is 6. The number of hydrogen-bond donors (Lipinski definition) is 1. The zero-order valence-electron chi connectivity index (χ0n) is 19.3. The molecule has 32 heavy (non-hydrogen) atoms. The fraction of sp³-hybridized carbons (Fsp3) is 0.400. The predicted octanol–water partition coefficient (Wildman–Crippen LogP) is 5.46. The van der Waals surface area contributed by atoms with Crippen molar-refractivity contribution in [2.24, 2.45) is 0 Å². The van der Waals surface area contributed by atoms with Crippen molar-refractivity contribution < 1.29 is 23.9 Å². The number of carbonyl (C=O) groups is 3. The van der Waals surface area contributed by atoms with Crippen LogP contribution in [0.5, 0.6) is 0 Å². The molecule has 2 aromatic rings. The summed E-state index contributed by atoms with van der Waals surface area (Å²) in [4.78, 5) is 37.6. The Kier molecular flexibility index (Phi) is 8.24. The molecular formula is C25H30BrNO5. The minimum absolute atomic E-state index is 0.0976. The van der Waals surface area contributed by atoms with E-state index in [4.69, 9.17) is 9.47 Å². The van der Waals surface area contributed by atoms with Crippen LogP contribution < -0.4 is 5.32 Å². The van der Waals surface area contributed by atoms with Gasteiger partial charge in [0.1, 0.15) is 17.2 Å². The molecule has 1 atom stereocenters. The fourth-order valence-corrected chi connectivity index (χ4v) is 3.08. The van der Waals surface area contributed by atoms with Crippen LogP contribution in [-0.2, 0) is 20.7 Å². The monoisotopic (exact) mass is 503 g/mol. The summed E-state index contributed by atoms with van der Waals surface area (Å²) in [6, 6.07) is 13.1. The maximum atomic E-state index is 12.7. The molecule has 0 aliphatic carbocycles. The van der Waals surface area contributed by atoms with E-state index in [1.54, 1.807) is 77.9 Å². The van der Waals surface area contributed by atoms with Crippen LogP contribution >= 0.6 is 15.9 Å². The number of ketones is 1. The van der Waals surface area contributed by atoms with Gasteiger partial charge in [-0.1, -0.05) is 40.2 Å². The number of esters is 1. The van der Waals surface area contributed by atoms with Gasteiger partial charge >= 0.3 is 12.1 Å². The zero-order valence-corrected chi connectivity index (χ0v) is 20.9. The van der Waals surface area contributed by atoms with Crippen LogP contribution in [-0.4, -0.2) is 35.1 Å². The Morgan fingerprint density at radius 2 is 1.28 bits per heavy atom. The van der Waals surface area contributed by atoms with Crippen LogP contribution in [0.4, 0.5) is 4.79 Å². The lowest BCUT2D eigenvalue weighted by Crippen LogP contribution is -2.47. The molecule has 0 radical (unpaired) electrons. The number of carbonyl (C=O) groups excluding carboxylic acids is 3. The van der Waals surface area contributed by atoms with Crippen LogP contribution in [0.15, 0.2) is 53.0 Å². The SMILES string of the molecule is CC(C)(C)OC(=O)N[C@@H](Cc1ccc(C(=O)c2ccc(Br)cc2)cc1)C(=O)OC(C)(C)C. The first-order valence-electron chi connectivity index (χ1n) is 10.3. The Balaban J connectivity index is 2.16. The van der Waals surface area contributed by atoms with Crippen LogP contribution in [0, 0.1) is 0 Å². The molecule has 2 rings (SSSR count). The molecule has 2 aromatic carbocycles. The normalized spacial score (nSPS) is 12.6. The molecule has 0 aliphatic rings. The van der Waals surface area contributed by atoms with E-state index < -0.39 is 29.3 Å². The molecular weight excluding hydrogens is 474 g/mol. The lowest BCUT2D eigenvalue weighted by molar-refractivity contribution is -0.157. The molecule has 0 aliphatic heterocycles. The molecule has 0 bridgehead atoms. The Hall–Kier alpha value is -2.67. The van der Waals surface area contributed by atoms with Gasteiger partial charge in [-0.15, -0.1) is 0 Å². The van der Waals surface area contributed by atoms with Crippen LogP contribution in [0.3, 0.4) is 0 Å². The molecule has 1 amide bonds. The van der Waals surface area contributed by atoms with E-state index in [2.05, 4.69) is 21.2 Å². The van der Waals surface area contributed by atoms with Crippen molar-refractivity contribution in [1.29, 1.82) is 0 Å². The molecule has 0 saturated heterocycles. The molecule has 0 unspecified atom stereocenters. The Morgan fingerprint density at radius 1 is 0.812 bits per heavy atom. The van der Waals surface area contributed by atoms with Crippen LogP contribution in [0.1, 0.15) is 63.0 Å². The third-order valence-electron chi connectivity index (χ3n) is 4.14. The van der Waals surface area contributed by atoms with E-state index in [1.165, 1.54) is 0 Å². The summed E-state index contributed by atoms with van der Waals surface area (Å²) in [5.41, 5.74) is 0.484. The molecule has 7 heteroatoms. The molecule has 1 N–H and O–H groups in total. The Morgan fingerprint density at radius 3 is 1.75 bits per heavy atom. The minimum Gasteiger partial charge on any atom is -0.458 e. The minimum atomic E-state index is -0.933. The summed E-state index contributed by atoms with van der Waals surface area (Å²) in [5.74, 6) is -0.655. The van der Waals surface area contributed by atoms with Gasteiger partial charge in [-0.05, 0) is 71.4 Å². The summed E-state index contributed by atoms with van der Waals surface area (Å²) >= 11 is 3.36. The smallest absolute Gasteiger partial charge is 0.408 e. The lowest BCUT2D eigenvalue weighted by Gasteiger charge is -2.26. The number of nitrogens with one attached hydrogen (secondary N) is 1. The molecule has 172 valence electrons. The van der Waals surface area contributed by atoms with Crippen LogP contribution in [0.2, 0.25) is 0 Å². The van der Waals surface area contributed by atoms with Crippen molar-refractivity contribution in [3.63, 3.8) is 0 Å². The van der Waals surface area contributed by atoms with E-state index in [1.807, 2.05) is 12.1 Å². The van der Waals surface area contributed by atoms with E-state index in [-0.39, 0.29) is 12.2 Å². The average Bonchev–Trinajstić information content (AvgIpc) is 2.65. The number of ether oxygens (including phenoxy) is 2. The topological polar surface area (TPSA) is 81.7 Å². The van der Waals surface area contributed by atoms with Crippen molar-refractivity contribution in [3.05, 3.63) is 69.7 Å². The highest BCUT2D eigenvalue weighted by Gasteiger charge is 2.29. The van der Waals surface area contributed by atoms with Crippen molar-refractivity contribution in [1.82, 2.24) is 5.32 Å². The first kappa shape index (κ1) is 25.6. The molecule has 0 aromatic heterocycles. The predicted molar refractivity (Wildman–Crippen MR) is 127 cm³/mol. The molecule has 0 fully saturated rings. The summed E-state index contributed by atoms with van der Waals surface area (Å²) in [6.45, 7) is 10.5. The second kappa shape index (κ2) is 10.3. The van der Waals surface area contributed by atoms with Gasteiger partial charge in [0.15, 0.2) is 5.78 Å². The molecule has 6 nitrogen and oxygen atoms in total. The van der Waals surface area contributed by atoms with Gasteiger partial charge in [0.05, 0.1) is 0 Å². The zero-order chi connectivity index (χ0) is 24.1. The summed E-state index contributed by atoms with van der Waals surface area (Å²) in [6.07, 6.45) is -0.503. The largest absolute Gasteiger partial charge is 0.458 e. The second-order valence-electron chi connectivity index (χ2n) is 9.47. The second-order valence-corrected chi connectivity index (χ2v) is 10.4. The van der Waals surface area contributed by atoms with Gasteiger partial charge in [0.2, 0.25) is 0 Å². The fourth-order valence-electron chi connectivity index (χ4n) is 2.81. The van der Waals surface area contributed by atoms with Crippen molar-refractivity contribution in [2.75, 3.05) is 0 Å². The van der Waals surface area contributed by atoms with E-state index >= 15 is 0 Å². The lowest BCUT2D eigenvalue weighted by atomic mass is 9.99. The van der Waals surface area contributed by atoms with Gasteiger partial charge in [-0.2, -0.15) is 0 Å². The Labute approximate surface area is 197 Å². The third kappa shape index (κ3) is 8.46. The maximum absolute atomic E-state index is 12.7. The van der Waals surface area contributed by atoms with Gasteiger partial charge in [0.25, 0.3) is 0 Å². The number of alkyl carbamates (subject to hydrolysis) is 1. The standard InChI is InChI=1S/C25H30BrNO5/c1-24(2,3)31-22(29)20(27-23(30)32-25(4,5)6)15-16-7-9-17(10-8-16)21(28)18-11-13-19(26)14-12-18/h7-14,20H,15H2,1-6H3,(H,27,30)/t20-/m0/s1. The first-order valence-corrected chi connectivity index (χ1v) is 11.1. The quantitative estimate of drug-likeness (QED) is 0.418. The van der Waals surface area contributed by atoms with Crippen molar-refractivity contribution in [3.8, 4) is 0 Å². The summed E-state index contributed by atoms with van der Waals surface area (Å²) < 4.78 is 11.7. The van der Waals surface area contributed by atoms with Crippen molar-refractivity contribution in [2.45, 2.75) is 65.2 Å². The Bertz CT molecular complexity index is 954. The van der Waals surface area contributed by atoms with E-state index in [0.29, 0.717) is 11.1 Å². The van der Waals surface area contributed by atoms with Gasteiger partial charge in [-0.25, -0.2) is 9.59 Å². The third-order valence-corrected chi connectivity index (χ3v) is 4.67. The molecule has 0 spiro atoms. The van der Waals surface area contributed by atoms with E-state index in [0.717, 1.165) is 10.0 Å². The number of benzene rings is 2. The number of amides is 1. The average molecular weight is 504 g/mol. The molecule has 0 heterocycles. The first-order chi connectivity index (χ1) is 14.7. The van der Waals surface area contributed by atoms with Crippen LogP contribution in [0.25, 0.3) is 0 Å². The van der Waals surface area contributed by atoms with Gasteiger partial charge in [-0.3, -0.25) is 4.79 Å². The number of halogens is 1. The summed E-state index contributed by atoms with van der Waals surface area (Å²) in [5, 5.41) is 2.61. The van der Waals surface area contributed by atoms with Crippen molar-refractivity contribution >= 4 is 33.8 Å². The highest BCUT2D eigenvalue weighted by atomic mass is 79.9. The number of hydrogen-bond acceptors (Lipinski definition) is 5. The molecule has 0 saturated carbocycles.